The maximum Gasteiger partial charge on any atom is 0.306 e. The third-order valence-corrected chi connectivity index (χ3v) is 2.09. The molecule has 1 aliphatic rings. The zero-order chi connectivity index (χ0) is 9.84. The van der Waals surface area contributed by atoms with Gasteiger partial charge in [-0.05, 0) is 18.8 Å². The SMILES string of the molecule is CC(C)CC(=O)[C@H]1CCCC(=O)O1. The fraction of sp³-hybridized carbons (Fsp3) is 0.800. The molecule has 0 saturated carbocycles. The minimum atomic E-state index is -0.455. The number of carbonyl (C=O) groups excluding carboxylic acids is 2. The van der Waals surface area contributed by atoms with Crippen molar-refractivity contribution in [2.75, 3.05) is 0 Å². The normalized spacial score (nSPS) is 23.0. The van der Waals surface area contributed by atoms with Crippen molar-refractivity contribution in [3.8, 4) is 0 Å². The molecule has 0 N–H and O–H groups in total. The Labute approximate surface area is 78.5 Å². The van der Waals surface area contributed by atoms with Crippen LogP contribution in [0.1, 0.15) is 39.5 Å². The van der Waals surface area contributed by atoms with E-state index in [0.29, 0.717) is 25.2 Å². The summed E-state index contributed by atoms with van der Waals surface area (Å²) in [6, 6.07) is 0. The molecular formula is C10H16O3. The number of esters is 1. The van der Waals surface area contributed by atoms with Gasteiger partial charge in [-0.15, -0.1) is 0 Å². The van der Waals surface area contributed by atoms with E-state index in [4.69, 9.17) is 4.74 Å². The van der Waals surface area contributed by atoms with Gasteiger partial charge in [-0.3, -0.25) is 9.59 Å². The van der Waals surface area contributed by atoms with Gasteiger partial charge < -0.3 is 4.74 Å². The summed E-state index contributed by atoms with van der Waals surface area (Å²) < 4.78 is 4.96. The van der Waals surface area contributed by atoms with Crippen molar-refractivity contribution >= 4 is 11.8 Å². The zero-order valence-corrected chi connectivity index (χ0v) is 8.21. The van der Waals surface area contributed by atoms with Crippen LogP contribution in [0.4, 0.5) is 0 Å². The molecule has 0 bridgehead atoms. The average molecular weight is 184 g/mol. The molecule has 3 nitrogen and oxygen atoms in total. The summed E-state index contributed by atoms with van der Waals surface area (Å²) in [4.78, 5) is 22.4. The second kappa shape index (κ2) is 4.40. The first-order valence-corrected chi connectivity index (χ1v) is 4.82. The molecule has 0 amide bonds. The number of carbonyl (C=O) groups is 2. The Morgan fingerprint density at radius 3 is 2.85 bits per heavy atom. The van der Waals surface area contributed by atoms with E-state index in [1.807, 2.05) is 13.8 Å². The second-order valence-corrected chi connectivity index (χ2v) is 3.94. The number of ether oxygens (including phenoxy) is 1. The van der Waals surface area contributed by atoms with Crippen LogP contribution in [0.15, 0.2) is 0 Å². The van der Waals surface area contributed by atoms with Crippen LogP contribution in [0.2, 0.25) is 0 Å². The van der Waals surface area contributed by atoms with E-state index < -0.39 is 6.10 Å². The van der Waals surface area contributed by atoms with E-state index in [2.05, 4.69) is 0 Å². The first kappa shape index (κ1) is 10.2. The standard InChI is InChI=1S/C10H16O3/c1-7(2)6-8(11)9-4-3-5-10(12)13-9/h7,9H,3-6H2,1-2H3/t9-/m1/s1. The van der Waals surface area contributed by atoms with Crippen molar-refractivity contribution in [1.82, 2.24) is 0 Å². The summed E-state index contributed by atoms with van der Waals surface area (Å²) in [7, 11) is 0. The van der Waals surface area contributed by atoms with Gasteiger partial charge in [0.15, 0.2) is 11.9 Å². The Bertz CT molecular complexity index is 208. The summed E-state index contributed by atoms with van der Waals surface area (Å²) in [5.41, 5.74) is 0. The van der Waals surface area contributed by atoms with Crippen molar-refractivity contribution in [2.24, 2.45) is 5.92 Å². The lowest BCUT2D eigenvalue weighted by Gasteiger charge is -2.21. The molecule has 1 saturated heterocycles. The molecule has 0 spiro atoms. The topological polar surface area (TPSA) is 43.4 Å². The monoisotopic (exact) mass is 184 g/mol. The first-order valence-electron chi connectivity index (χ1n) is 4.82. The van der Waals surface area contributed by atoms with Crippen molar-refractivity contribution in [2.45, 2.75) is 45.6 Å². The highest BCUT2D eigenvalue weighted by atomic mass is 16.5. The van der Waals surface area contributed by atoms with Crippen molar-refractivity contribution in [3.05, 3.63) is 0 Å². The van der Waals surface area contributed by atoms with Crippen LogP contribution in [0.25, 0.3) is 0 Å². The molecule has 74 valence electrons. The molecular weight excluding hydrogens is 168 g/mol. The third-order valence-electron chi connectivity index (χ3n) is 2.09. The summed E-state index contributed by atoms with van der Waals surface area (Å²) >= 11 is 0. The van der Waals surface area contributed by atoms with Gasteiger partial charge in [-0.2, -0.15) is 0 Å². The molecule has 1 rings (SSSR count). The highest BCUT2D eigenvalue weighted by Crippen LogP contribution is 2.17. The van der Waals surface area contributed by atoms with Gasteiger partial charge in [-0.1, -0.05) is 13.8 Å². The van der Waals surface area contributed by atoms with E-state index in [1.54, 1.807) is 0 Å². The quantitative estimate of drug-likeness (QED) is 0.627. The number of hydrogen-bond donors (Lipinski definition) is 0. The summed E-state index contributed by atoms with van der Waals surface area (Å²) in [5.74, 6) is 0.185. The van der Waals surface area contributed by atoms with Gasteiger partial charge in [0.2, 0.25) is 0 Å². The highest BCUT2D eigenvalue weighted by molar-refractivity contribution is 5.86. The third kappa shape index (κ3) is 3.17. The fourth-order valence-electron chi connectivity index (χ4n) is 1.47. The van der Waals surface area contributed by atoms with Gasteiger partial charge in [0, 0.05) is 12.8 Å². The zero-order valence-electron chi connectivity index (χ0n) is 8.21. The molecule has 0 aromatic heterocycles. The summed E-state index contributed by atoms with van der Waals surface area (Å²) in [6.07, 6.45) is 2.01. The maximum absolute atomic E-state index is 11.5. The van der Waals surface area contributed by atoms with Gasteiger partial charge in [-0.25, -0.2) is 0 Å². The molecule has 0 aromatic rings. The lowest BCUT2D eigenvalue weighted by molar-refractivity contribution is -0.159. The summed E-state index contributed by atoms with van der Waals surface area (Å²) in [6.45, 7) is 3.98. The Hall–Kier alpha value is -0.860. The van der Waals surface area contributed by atoms with Gasteiger partial charge in [0.25, 0.3) is 0 Å². The molecule has 0 radical (unpaired) electrons. The molecule has 0 aliphatic carbocycles. The number of rotatable bonds is 3. The van der Waals surface area contributed by atoms with Crippen LogP contribution in [0, 0.1) is 5.92 Å². The molecule has 0 aromatic carbocycles. The molecule has 1 aliphatic heterocycles. The minimum absolute atomic E-state index is 0.0723. The van der Waals surface area contributed by atoms with Crippen molar-refractivity contribution in [1.29, 1.82) is 0 Å². The number of cyclic esters (lactones) is 1. The Morgan fingerprint density at radius 1 is 1.62 bits per heavy atom. The second-order valence-electron chi connectivity index (χ2n) is 3.94. The fourth-order valence-corrected chi connectivity index (χ4v) is 1.47. The summed E-state index contributed by atoms with van der Waals surface area (Å²) in [5, 5.41) is 0. The van der Waals surface area contributed by atoms with Crippen molar-refractivity contribution < 1.29 is 14.3 Å². The first-order chi connectivity index (χ1) is 6.09. The lowest BCUT2D eigenvalue weighted by Crippen LogP contribution is -2.31. The number of hydrogen-bond acceptors (Lipinski definition) is 3. The molecule has 1 fully saturated rings. The van der Waals surface area contributed by atoms with Crippen molar-refractivity contribution in [3.63, 3.8) is 0 Å². The molecule has 0 unspecified atom stereocenters. The number of Topliss-reactive ketones (excluding diaryl/α,β-unsaturated/α-hetero) is 1. The van der Waals surface area contributed by atoms with Crippen LogP contribution in [-0.4, -0.2) is 17.9 Å². The predicted molar refractivity (Wildman–Crippen MR) is 48.2 cm³/mol. The maximum atomic E-state index is 11.5. The van der Waals surface area contributed by atoms with Gasteiger partial charge >= 0.3 is 5.97 Å². The largest absolute Gasteiger partial charge is 0.454 e. The van der Waals surface area contributed by atoms with Gasteiger partial charge in [0.05, 0.1) is 0 Å². The molecule has 1 atom stereocenters. The smallest absolute Gasteiger partial charge is 0.306 e. The molecule has 3 heteroatoms. The van der Waals surface area contributed by atoms with E-state index in [-0.39, 0.29) is 11.8 Å². The van der Waals surface area contributed by atoms with Crippen LogP contribution >= 0.6 is 0 Å². The number of ketones is 1. The van der Waals surface area contributed by atoms with E-state index in [0.717, 1.165) is 6.42 Å². The van der Waals surface area contributed by atoms with Crippen LogP contribution in [-0.2, 0) is 14.3 Å². The van der Waals surface area contributed by atoms with E-state index in [9.17, 15) is 9.59 Å². The van der Waals surface area contributed by atoms with Gasteiger partial charge in [0.1, 0.15) is 0 Å². The van der Waals surface area contributed by atoms with E-state index in [1.165, 1.54) is 0 Å². The van der Waals surface area contributed by atoms with Crippen LogP contribution in [0.5, 0.6) is 0 Å². The molecule has 1 heterocycles. The molecule has 13 heavy (non-hydrogen) atoms. The lowest BCUT2D eigenvalue weighted by atomic mass is 9.98. The average Bonchev–Trinajstić information content (AvgIpc) is 2.03. The van der Waals surface area contributed by atoms with Crippen LogP contribution < -0.4 is 0 Å². The van der Waals surface area contributed by atoms with E-state index >= 15 is 0 Å². The Kier molecular flexibility index (Phi) is 3.46. The van der Waals surface area contributed by atoms with Crippen LogP contribution in [0.3, 0.4) is 0 Å². The predicted octanol–water partition coefficient (Wildman–Crippen LogP) is 1.70. The highest BCUT2D eigenvalue weighted by Gasteiger charge is 2.26. The Morgan fingerprint density at radius 2 is 2.31 bits per heavy atom. The minimum Gasteiger partial charge on any atom is -0.454 e. The Balaban J connectivity index is 2.41.